The van der Waals surface area contributed by atoms with Crippen LogP contribution in [0.3, 0.4) is 0 Å². The molecule has 0 saturated heterocycles. The summed E-state index contributed by atoms with van der Waals surface area (Å²) in [5.41, 5.74) is 0.903. The van der Waals surface area contributed by atoms with Crippen LogP contribution >= 0.6 is 11.3 Å². The van der Waals surface area contributed by atoms with Crippen LogP contribution in [-0.4, -0.2) is 23.2 Å². The quantitative estimate of drug-likeness (QED) is 0.890. The van der Waals surface area contributed by atoms with Gasteiger partial charge in [-0.1, -0.05) is 29.5 Å². The Morgan fingerprint density at radius 3 is 2.81 bits per heavy atom. The fourth-order valence-electron chi connectivity index (χ4n) is 1.71. The van der Waals surface area contributed by atoms with Crippen LogP contribution in [0, 0.1) is 0 Å². The van der Waals surface area contributed by atoms with Crippen molar-refractivity contribution >= 4 is 22.4 Å². The topological polar surface area (TPSA) is 64.1 Å². The van der Waals surface area contributed by atoms with E-state index in [0.717, 1.165) is 5.56 Å². The van der Waals surface area contributed by atoms with Crippen molar-refractivity contribution in [2.24, 2.45) is 0 Å². The number of amides is 1. The van der Waals surface area contributed by atoms with E-state index in [1.54, 1.807) is 7.11 Å². The van der Waals surface area contributed by atoms with Gasteiger partial charge in [0.25, 0.3) is 6.43 Å². The predicted octanol–water partition coefficient (Wildman–Crippen LogP) is 3.06. The van der Waals surface area contributed by atoms with E-state index in [2.05, 4.69) is 15.5 Å². The van der Waals surface area contributed by atoms with Crippen molar-refractivity contribution in [1.82, 2.24) is 10.2 Å². The van der Waals surface area contributed by atoms with E-state index in [1.165, 1.54) is 0 Å². The summed E-state index contributed by atoms with van der Waals surface area (Å²) >= 11 is 0.670. The molecule has 0 radical (unpaired) electrons. The lowest BCUT2D eigenvalue weighted by Gasteiger charge is -2.07. The summed E-state index contributed by atoms with van der Waals surface area (Å²) in [4.78, 5) is 11.8. The van der Waals surface area contributed by atoms with Crippen LogP contribution in [0.1, 0.15) is 23.4 Å². The number of alkyl halides is 2. The molecule has 0 unspecified atom stereocenters. The zero-order valence-corrected chi connectivity index (χ0v) is 12.0. The molecule has 1 heterocycles. The van der Waals surface area contributed by atoms with E-state index >= 15 is 0 Å². The number of carbonyl (C=O) groups excluding carboxylic acids is 1. The molecule has 1 N–H and O–H groups in total. The third-order valence-electron chi connectivity index (χ3n) is 2.69. The first-order chi connectivity index (χ1) is 10.1. The fourth-order valence-corrected chi connectivity index (χ4v) is 2.33. The number of nitrogens with one attached hydrogen (secondary N) is 1. The van der Waals surface area contributed by atoms with Crippen LogP contribution in [0.5, 0.6) is 5.75 Å². The molecule has 1 aromatic carbocycles. The third kappa shape index (κ3) is 4.19. The molecule has 1 aromatic heterocycles. The van der Waals surface area contributed by atoms with Gasteiger partial charge in [-0.25, -0.2) is 8.78 Å². The van der Waals surface area contributed by atoms with Gasteiger partial charge in [-0.15, -0.1) is 10.2 Å². The Labute approximate surface area is 124 Å². The monoisotopic (exact) mass is 313 g/mol. The van der Waals surface area contributed by atoms with Gasteiger partial charge in [-0.3, -0.25) is 4.79 Å². The largest absolute Gasteiger partial charge is 0.496 e. The van der Waals surface area contributed by atoms with Crippen molar-refractivity contribution in [1.29, 1.82) is 0 Å². The predicted molar refractivity (Wildman–Crippen MR) is 74.8 cm³/mol. The van der Waals surface area contributed by atoms with E-state index in [4.69, 9.17) is 4.74 Å². The molecule has 5 nitrogen and oxygen atoms in total. The number of aromatic nitrogens is 2. The van der Waals surface area contributed by atoms with E-state index in [9.17, 15) is 13.6 Å². The average molecular weight is 313 g/mol. The molecule has 0 aliphatic heterocycles. The fraction of sp³-hybridized carbons (Fsp3) is 0.308. The molecule has 2 rings (SSSR count). The van der Waals surface area contributed by atoms with Gasteiger partial charge in [0.2, 0.25) is 11.0 Å². The highest BCUT2D eigenvalue weighted by molar-refractivity contribution is 7.15. The Morgan fingerprint density at radius 2 is 2.14 bits per heavy atom. The number of hydrogen-bond acceptors (Lipinski definition) is 5. The summed E-state index contributed by atoms with van der Waals surface area (Å²) in [5.74, 6) is 0.402. The number of hydrogen-bond donors (Lipinski definition) is 1. The molecule has 112 valence electrons. The molecule has 0 atom stereocenters. The van der Waals surface area contributed by atoms with Gasteiger partial charge in [0.15, 0.2) is 5.01 Å². The van der Waals surface area contributed by atoms with Crippen LogP contribution in [0.4, 0.5) is 13.9 Å². The second-order valence-electron chi connectivity index (χ2n) is 4.11. The summed E-state index contributed by atoms with van der Waals surface area (Å²) in [6.45, 7) is 0. The minimum atomic E-state index is -2.68. The molecule has 0 aliphatic carbocycles. The van der Waals surface area contributed by atoms with Crippen molar-refractivity contribution in [2.75, 3.05) is 12.4 Å². The lowest BCUT2D eigenvalue weighted by molar-refractivity contribution is -0.116. The summed E-state index contributed by atoms with van der Waals surface area (Å²) in [6.07, 6.45) is -2.00. The molecule has 0 saturated carbocycles. The molecule has 0 bridgehead atoms. The van der Waals surface area contributed by atoms with Gasteiger partial charge >= 0.3 is 0 Å². The van der Waals surface area contributed by atoms with Crippen molar-refractivity contribution in [3.05, 3.63) is 34.8 Å². The molecule has 0 aliphatic rings. The van der Waals surface area contributed by atoms with E-state index in [0.29, 0.717) is 23.5 Å². The van der Waals surface area contributed by atoms with E-state index in [-0.39, 0.29) is 17.5 Å². The summed E-state index contributed by atoms with van der Waals surface area (Å²) in [7, 11) is 1.56. The van der Waals surface area contributed by atoms with Crippen molar-refractivity contribution < 1.29 is 18.3 Å². The van der Waals surface area contributed by atoms with Gasteiger partial charge in [-0.05, 0) is 18.1 Å². The Morgan fingerprint density at radius 1 is 1.38 bits per heavy atom. The second kappa shape index (κ2) is 7.07. The first kappa shape index (κ1) is 15.3. The number of aryl methyl sites for hydroxylation is 1. The highest BCUT2D eigenvalue weighted by atomic mass is 32.1. The SMILES string of the molecule is COc1ccccc1CCC(=O)Nc1nnc(C(F)F)s1. The minimum absolute atomic E-state index is 0.0790. The zero-order valence-electron chi connectivity index (χ0n) is 11.2. The summed E-state index contributed by atoms with van der Waals surface area (Å²) in [5, 5.41) is 8.92. The Hall–Kier alpha value is -2.09. The maximum atomic E-state index is 12.4. The minimum Gasteiger partial charge on any atom is -0.496 e. The molecule has 0 fully saturated rings. The summed E-state index contributed by atoms with van der Waals surface area (Å²) < 4.78 is 29.9. The van der Waals surface area contributed by atoms with E-state index < -0.39 is 11.4 Å². The van der Waals surface area contributed by atoms with Gasteiger partial charge in [0, 0.05) is 6.42 Å². The van der Waals surface area contributed by atoms with Crippen LogP contribution in [0.2, 0.25) is 0 Å². The lowest BCUT2D eigenvalue weighted by Crippen LogP contribution is -2.12. The van der Waals surface area contributed by atoms with Crippen molar-refractivity contribution in [3.63, 3.8) is 0 Å². The van der Waals surface area contributed by atoms with Crippen molar-refractivity contribution in [3.8, 4) is 5.75 Å². The molecule has 8 heteroatoms. The number of anilines is 1. The maximum Gasteiger partial charge on any atom is 0.291 e. The standard InChI is InChI=1S/C13H13F2N3O2S/c1-20-9-5-3-2-4-8(9)6-7-10(19)16-13-18-17-12(21-13)11(14)15/h2-5,11H,6-7H2,1H3,(H,16,18,19). The summed E-state index contributed by atoms with van der Waals surface area (Å²) in [6, 6.07) is 7.38. The highest BCUT2D eigenvalue weighted by Gasteiger charge is 2.15. The average Bonchev–Trinajstić information content (AvgIpc) is 2.94. The van der Waals surface area contributed by atoms with Gasteiger partial charge in [-0.2, -0.15) is 0 Å². The first-order valence-electron chi connectivity index (χ1n) is 6.13. The Bertz CT molecular complexity index is 619. The number of ether oxygens (including phenoxy) is 1. The first-order valence-corrected chi connectivity index (χ1v) is 6.95. The Balaban J connectivity index is 1.89. The maximum absolute atomic E-state index is 12.4. The molecule has 0 spiro atoms. The van der Waals surface area contributed by atoms with Gasteiger partial charge < -0.3 is 10.1 Å². The molecular weight excluding hydrogens is 300 g/mol. The van der Waals surface area contributed by atoms with Crippen LogP contribution in [-0.2, 0) is 11.2 Å². The molecule has 21 heavy (non-hydrogen) atoms. The number of nitrogens with zero attached hydrogens (tertiary/aromatic N) is 2. The smallest absolute Gasteiger partial charge is 0.291 e. The van der Waals surface area contributed by atoms with Crippen molar-refractivity contribution in [2.45, 2.75) is 19.3 Å². The number of carbonyl (C=O) groups is 1. The number of halogens is 2. The van der Waals surface area contributed by atoms with Gasteiger partial charge in [0.05, 0.1) is 7.11 Å². The Kier molecular flexibility index (Phi) is 5.15. The molecular formula is C13H13F2N3O2S. The van der Waals surface area contributed by atoms with Crippen LogP contribution in [0.25, 0.3) is 0 Å². The van der Waals surface area contributed by atoms with Crippen LogP contribution < -0.4 is 10.1 Å². The van der Waals surface area contributed by atoms with Crippen LogP contribution in [0.15, 0.2) is 24.3 Å². The highest BCUT2D eigenvalue weighted by Crippen LogP contribution is 2.25. The normalized spacial score (nSPS) is 10.7. The second-order valence-corrected chi connectivity index (χ2v) is 5.12. The number of benzene rings is 1. The number of rotatable bonds is 6. The third-order valence-corrected chi connectivity index (χ3v) is 3.53. The zero-order chi connectivity index (χ0) is 15.2. The number of para-hydroxylation sites is 1. The molecule has 2 aromatic rings. The van der Waals surface area contributed by atoms with E-state index in [1.807, 2.05) is 24.3 Å². The number of methoxy groups -OCH3 is 1. The lowest BCUT2D eigenvalue weighted by atomic mass is 10.1. The molecule has 1 amide bonds. The van der Waals surface area contributed by atoms with Gasteiger partial charge in [0.1, 0.15) is 5.75 Å².